The average molecular weight is 466 g/mol. The fourth-order valence-electron chi connectivity index (χ4n) is 3.34. The van der Waals surface area contributed by atoms with Crippen molar-refractivity contribution in [3.05, 3.63) is 72.1 Å². The quantitative estimate of drug-likeness (QED) is 0.283. The summed E-state index contributed by atoms with van der Waals surface area (Å²) in [6, 6.07) is 17.5. The number of carbonyl (C=O) groups is 2. The van der Waals surface area contributed by atoms with Gasteiger partial charge in [0.2, 0.25) is 0 Å². The second-order valence-corrected chi connectivity index (χ2v) is 10.2. The molecular weight excluding hydrogens is 434 g/mol. The van der Waals surface area contributed by atoms with Gasteiger partial charge in [-0.05, 0) is 38.0 Å². The first kappa shape index (κ1) is 24.6. The van der Waals surface area contributed by atoms with Crippen LogP contribution >= 0.6 is 11.8 Å². The Balaban J connectivity index is 1.79. The SMILES string of the molecule is CCCCCn1cc(C(=O)NCc2ccccc2)nc1-c1ccc(SC(C)(C)C(=O)O)cc1. The maximum atomic E-state index is 12.8. The molecule has 0 atom stereocenters. The highest BCUT2D eigenvalue weighted by Gasteiger charge is 2.28. The van der Waals surface area contributed by atoms with Gasteiger partial charge in [-0.3, -0.25) is 9.59 Å². The summed E-state index contributed by atoms with van der Waals surface area (Å²) >= 11 is 1.30. The van der Waals surface area contributed by atoms with E-state index >= 15 is 0 Å². The van der Waals surface area contributed by atoms with Gasteiger partial charge in [0.1, 0.15) is 16.3 Å². The van der Waals surface area contributed by atoms with Crippen molar-refractivity contribution in [2.24, 2.45) is 0 Å². The van der Waals surface area contributed by atoms with Crippen molar-refractivity contribution < 1.29 is 14.7 Å². The van der Waals surface area contributed by atoms with Gasteiger partial charge in [-0.25, -0.2) is 4.98 Å². The van der Waals surface area contributed by atoms with E-state index in [4.69, 9.17) is 0 Å². The number of thioether (sulfide) groups is 1. The maximum absolute atomic E-state index is 12.8. The van der Waals surface area contributed by atoms with E-state index in [1.54, 1.807) is 13.8 Å². The Hall–Kier alpha value is -3.06. The van der Waals surface area contributed by atoms with Crippen molar-refractivity contribution in [3.63, 3.8) is 0 Å². The van der Waals surface area contributed by atoms with Crippen molar-refractivity contribution in [2.45, 2.75) is 62.8 Å². The molecule has 6 nitrogen and oxygen atoms in total. The van der Waals surface area contributed by atoms with Crippen LogP contribution in [-0.2, 0) is 17.9 Å². The van der Waals surface area contributed by atoms with E-state index in [-0.39, 0.29) is 5.91 Å². The summed E-state index contributed by atoms with van der Waals surface area (Å²) in [6.07, 6.45) is 5.04. The van der Waals surface area contributed by atoms with Crippen molar-refractivity contribution in [2.75, 3.05) is 0 Å². The van der Waals surface area contributed by atoms with Crippen molar-refractivity contribution >= 4 is 23.6 Å². The number of benzene rings is 2. The minimum Gasteiger partial charge on any atom is -0.480 e. The Morgan fingerprint density at radius 1 is 1.06 bits per heavy atom. The zero-order valence-corrected chi connectivity index (χ0v) is 20.2. The van der Waals surface area contributed by atoms with Crippen LogP contribution in [0.25, 0.3) is 11.4 Å². The summed E-state index contributed by atoms with van der Waals surface area (Å²) in [4.78, 5) is 29.7. The van der Waals surface area contributed by atoms with Crippen LogP contribution in [0.1, 0.15) is 56.1 Å². The molecule has 0 bridgehead atoms. The molecule has 1 heterocycles. The number of hydrogen-bond donors (Lipinski definition) is 2. The molecule has 0 spiro atoms. The fraction of sp³-hybridized carbons (Fsp3) is 0.346. The lowest BCUT2D eigenvalue weighted by atomic mass is 10.2. The van der Waals surface area contributed by atoms with E-state index in [1.807, 2.05) is 65.4 Å². The van der Waals surface area contributed by atoms with Gasteiger partial charge < -0.3 is 15.0 Å². The molecule has 0 radical (unpaired) electrons. The Morgan fingerprint density at radius 2 is 1.76 bits per heavy atom. The highest BCUT2D eigenvalue weighted by atomic mass is 32.2. The van der Waals surface area contributed by atoms with E-state index in [1.165, 1.54) is 11.8 Å². The fourth-order valence-corrected chi connectivity index (χ4v) is 4.29. The van der Waals surface area contributed by atoms with Gasteiger partial charge in [-0.1, -0.05) is 62.2 Å². The van der Waals surface area contributed by atoms with E-state index in [9.17, 15) is 14.7 Å². The molecule has 2 N–H and O–H groups in total. The van der Waals surface area contributed by atoms with E-state index in [0.717, 1.165) is 47.7 Å². The van der Waals surface area contributed by atoms with Crippen molar-refractivity contribution in [3.8, 4) is 11.4 Å². The molecule has 0 saturated carbocycles. The first-order chi connectivity index (χ1) is 15.8. The monoisotopic (exact) mass is 465 g/mol. The van der Waals surface area contributed by atoms with Crippen LogP contribution in [0.15, 0.2) is 65.7 Å². The second kappa shape index (κ2) is 11.2. The molecule has 0 aliphatic heterocycles. The summed E-state index contributed by atoms with van der Waals surface area (Å²) in [6.45, 7) is 6.77. The van der Waals surface area contributed by atoms with Crippen LogP contribution < -0.4 is 5.32 Å². The average Bonchev–Trinajstić information content (AvgIpc) is 3.23. The number of aryl methyl sites for hydroxylation is 1. The largest absolute Gasteiger partial charge is 0.480 e. The molecule has 33 heavy (non-hydrogen) atoms. The summed E-state index contributed by atoms with van der Waals surface area (Å²) < 4.78 is 1.13. The molecule has 0 aliphatic carbocycles. The van der Waals surface area contributed by atoms with Gasteiger partial charge in [-0.15, -0.1) is 11.8 Å². The molecular formula is C26H31N3O3S. The van der Waals surface area contributed by atoms with E-state index < -0.39 is 10.7 Å². The summed E-state index contributed by atoms with van der Waals surface area (Å²) in [5, 5.41) is 12.3. The van der Waals surface area contributed by atoms with Gasteiger partial charge >= 0.3 is 5.97 Å². The molecule has 3 aromatic rings. The highest BCUT2D eigenvalue weighted by Crippen LogP contribution is 2.33. The Labute approximate surface area is 199 Å². The van der Waals surface area contributed by atoms with Gasteiger partial charge in [0, 0.05) is 29.7 Å². The lowest BCUT2D eigenvalue weighted by Crippen LogP contribution is -2.26. The molecule has 2 aromatic carbocycles. The number of nitrogens with one attached hydrogen (secondary N) is 1. The number of aliphatic carboxylic acids is 1. The predicted molar refractivity (Wildman–Crippen MR) is 132 cm³/mol. The van der Waals surface area contributed by atoms with Crippen LogP contribution in [0, 0.1) is 0 Å². The molecule has 0 fully saturated rings. The Kier molecular flexibility index (Phi) is 8.33. The topological polar surface area (TPSA) is 84.2 Å². The predicted octanol–water partition coefficient (Wildman–Crippen LogP) is 5.63. The zero-order valence-electron chi connectivity index (χ0n) is 19.4. The van der Waals surface area contributed by atoms with E-state index in [2.05, 4.69) is 17.2 Å². The number of imidazole rings is 1. The van der Waals surface area contributed by atoms with Gasteiger partial charge in [-0.2, -0.15) is 0 Å². The van der Waals surface area contributed by atoms with Crippen LogP contribution in [-0.4, -0.2) is 31.3 Å². The number of unbranched alkanes of at least 4 members (excludes halogenated alkanes) is 2. The molecule has 3 rings (SSSR count). The first-order valence-corrected chi connectivity index (χ1v) is 12.0. The van der Waals surface area contributed by atoms with Gasteiger partial charge in [0.15, 0.2) is 0 Å². The van der Waals surface area contributed by atoms with E-state index in [0.29, 0.717) is 12.2 Å². The van der Waals surface area contributed by atoms with Crippen LogP contribution in [0.5, 0.6) is 0 Å². The number of amides is 1. The number of carbonyl (C=O) groups excluding carboxylic acids is 1. The Morgan fingerprint density at radius 3 is 2.39 bits per heavy atom. The third-order valence-corrected chi connectivity index (χ3v) is 6.50. The summed E-state index contributed by atoms with van der Waals surface area (Å²) in [5.41, 5.74) is 2.32. The summed E-state index contributed by atoms with van der Waals surface area (Å²) in [7, 11) is 0. The molecule has 1 amide bonds. The number of carboxylic acid groups (broad SMARTS) is 1. The van der Waals surface area contributed by atoms with Crippen LogP contribution in [0.4, 0.5) is 0 Å². The van der Waals surface area contributed by atoms with Crippen LogP contribution in [0.3, 0.4) is 0 Å². The second-order valence-electron chi connectivity index (χ2n) is 8.46. The number of aromatic nitrogens is 2. The number of hydrogen-bond acceptors (Lipinski definition) is 4. The maximum Gasteiger partial charge on any atom is 0.319 e. The van der Waals surface area contributed by atoms with Gasteiger partial charge in [0.05, 0.1) is 0 Å². The van der Waals surface area contributed by atoms with Gasteiger partial charge in [0.25, 0.3) is 5.91 Å². The molecule has 0 unspecified atom stereocenters. The molecule has 7 heteroatoms. The zero-order chi connectivity index (χ0) is 23.8. The standard InChI is InChI=1S/C26H31N3O3S/c1-4-5-9-16-29-18-22(24(30)27-17-19-10-7-6-8-11-19)28-23(29)20-12-14-21(15-13-20)33-26(2,3)25(31)32/h6-8,10-15,18H,4-5,9,16-17H2,1-3H3,(H,27,30)(H,31,32). The third kappa shape index (κ3) is 6.71. The Bertz CT molecular complexity index is 1080. The highest BCUT2D eigenvalue weighted by molar-refractivity contribution is 8.01. The molecule has 174 valence electrons. The molecule has 0 aliphatic rings. The minimum atomic E-state index is -0.913. The lowest BCUT2D eigenvalue weighted by Gasteiger charge is -2.18. The van der Waals surface area contributed by atoms with Crippen molar-refractivity contribution in [1.29, 1.82) is 0 Å². The molecule has 1 aromatic heterocycles. The molecule has 0 saturated heterocycles. The number of rotatable bonds is 11. The normalized spacial score (nSPS) is 11.4. The smallest absolute Gasteiger partial charge is 0.319 e. The number of nitrogens with zero attached hydrogens (tertiary/aromatic N) is 2. The van der Waals surface area contributed by atoms with Crippen LogP contribution in [0.2, 0.25) is 0 Å². The first-order valence-electron chi connectivity index (χ1n) is 11.2. The third-order valence-electron chi connectivity index (χ3n) is 5.31. The van der Waals surface area contributed by atoms with Crippen molar-refractivity contribution in [1.82, 2.24) is 14.9 Å². The lowest BCUT2D eigenvalue weighted by molar-refractivity contribution is -0.138. The number of carboxylic acids is 1. The summed E-state index contributed by atoms with van der Waals surface area (Å²) in [5.74, 6) is -0.316. The minimum absolute atomic E-state index is 0.204.